The Morgan fingerprint density at radius 1 is 0.676 bits per heavy atom. The summed E-state index contributed by atoms with van der Waals surface area (Å²) in [5.74, 6) is 0.972. The molecule has 0 radical (unpaired) electrons. The Bertz CT molecular complexity index is 1060. The molecule has 0 bridgehead atoms. The van der Waals surface area contributed by atoms with Crippen molar-refractivity contribution in [3.05, 3.63) is 67.5 Å². The first kappa shape index (κ1) is 33.5. The predicted molar refractivity (Wildman–Crippen MR) is 168 cm³/mol. The van der Waals surface area contributed by atoms with Gasteiger partial charge >= 0.3 is 0 Å². The third-order valence-electron chi connectivity index (χ3n) is 4.45. The van der Waals surface area contributed by atoms with Gasteiger partial charge in [-0.1, -0.05) is 44.0 Å². The minimum absolute atomic E-state index is 0.0513. The lowest BCUT2D eigenvalue weighted by molar-refractivity contribution is 0.149. The van der Waals surface area contributed by atoms with Gasteiger partial charge in [0.2, 0.25) is 9.84 Å². The maximum Gasteiger partial charge on any atom is 0.206 e. The molecule has 0 aliphatic carbocycles. The van der Waals surface area contributed by atoms with E-state index in [1.54, 1.807) is 12.2 Å². The van der Waals surface area contributed by atoms with Crippen LogP contribution >= 0.6 is 95.6 Å². The number of halogens is 6. The standard InChI is InChI=1S/C24H24Br6O6S/c1-3-5-33-11-15(25)13-35-23-19(27)7-17(8-20(23)28)37(31,32)18-9-21(29)24(22(30)10-18)36-14-16(26)12-34-6-4-2/h3-4,7-10,15-16H,1-2,5-6,11-14H2. The van der Waals surface area contributed by atoms with E-state index in [-0.39, 0.29) is 19.4 Å². The van der Waals surface area contributed by atoms with Crippen molar-refractivity contribution in [2.24, 2.45) is 0 Å². The molecule has 0 heterocycles. The normalized spacial score (nSPS) is 13.1. The van der Waals surface area contributed by atoms with Crippen LogP contribution in [0.3, 0.4) is 0 Å². The molecular weight excluding hydrogens is 896 g/mol. The molecule has 0 spiro atoms. The third kappa shape index (κ3) is 10.3. The molecule has 37 heavy (non-hydrogen) atoms. The molecule has 204 valence electrons. The largest absolute Gasteiger partial charge is 0.490 e. The van der Waals surface area contributed by atoms with Crippen molar-refractivity contribution in [3.8, 4) is 11.5 Å². The van der Waals surface area contributed by atoms with E-state index in [2.05, 4.69) is 109 Å². The van der Waals surface area contributed by atoms with Gasteiger partial charge in [0.25, 0.3) is 0 Å². The van der Waals surface area contributed by atoms with Crippen LogP contribution in [-0.4, -0.2) is 57.7 Å². The zero-order valence-electron chi connectivity index (χ0n) is 19.4. The Hall–Kier alpha value is 0.270. The average Bonchev–Trinajstić information content (AvgIpc) is 2.83. The van der Waals surface area contributed by atoms with Gasteiger partial charge in [0.15, 0.2) is 0 Å². The number of benzene rings is 2. The zero-order chi connectivity index (χ0) is 27.6. The fourth-order valence-electron chi connectivity index (χ4n) is 2.80. The van der Waals surface area contributed by atoms with E-state index in [0.717, 1.165) is 0 Å². The Morgan fingerprint density at radius 3 is 1.30 bits per heavy atom. The smallest absolute Gasteiger partial charge is 0.206 e. The summed E-state index contributed by atoms with van der Waals surface area (Å²) in [5.41, 5.74) is 0. The first-order chi connectivity index (χ1) is 17.5. The SMILES string of the molecule is C=CCOCC(Br)COc1c(Br)cc(S(=O)(=O)c2cc(Br)c(OCC(Br)COCC=C)c(Br)c2)cc1Br. The lowest BCUT2D eigenvalue weighted by atomic mass is 10.3. The highest BCUT2D eigenvalue weighted by molar-refractivity contribution is 9.11. The molecule has 2 rings (SSSR count). The van der Waals surface area contributed by atoms with Crippen molar-refractivity contribution in [1.82, 2.24) is 0 Å². The molecule has 0 saturated carbocycles. The van der Waals surface area contributed by atoms with Crippen LogP contribution in [0.4, 0.5) is 0 Å². The van der Waals surface area contributed by atoms with Crippen LogP contribution < -0.4 is 9.47 Å². The van der Waals surface area contributed by atoms with Gasteiger partial charge in [-0.25, -0.2) is 8.42 Å². The molecule has 13 heteroatoms. The van der Waals surface area contributed by atoms with E-state index in [1.165, 1.54) is 24.3 Å². The highest BCUT2D eigenvalue weighted by atomic mass is 79.9. The van der Waals surface area contributed by atoms with Crippen molar-refractivity contribution in [1.29, 1.82) is 0 Å². The number of ether oxygens (including phenoxy) is 4. The molecular formula is C24H24Br6O6S. The summed E-state index contributed by atoms with van der Waals surface area (Å²) < 4.78 is 51.5. The fraction of sp³-hybridized carbons (Fsp3) is 0.333. The Labute approximate surface area is 268 Å². The van der Waals surface area contributed by atoms with Gasteiger partial charge in [-0.3, -0.25) is 0 Å². The summed E-state index contributed by atoms with van der Waals surface area (Å²) in [6.07, 6.45) is 3.34. The van der Waals surface area contributed by atoms with E-state index in [9.17, 15) is 8.42 Å². The number of alkyl halides is 2. The third-order valence-corrected chi connectivity index (χ3v) is 9.58. The van der Waals surface area contributed by atoms with E-state index >= 15 is 0 Å². The summed E-state index contributed by atoms with van der Waals surface area (Å²) in [4.78, 5) is 0.0838. The van der Waals surface area contributed by atoms with Gasteiger partial charge in [0.05, 0.1) is 63.8 Å². The van der Waals surface area contributed by atoms with Gasteiger partial charge < -0.3 is 18.9 Å². The molecule has 0 saturated heterocycles. The second kappa shape index (κ2) is 16.5. The van der Waals surface area contributed by atoms with Crippen LogP contribution in [0.2, 0.25) is 0 Å². The number of sulfone groups is 1. The van der Waals surface area contributed by atoms with E-state index in [0.29, 0.717) is 69.0 Å². The maximum absolute atomic E-state index is 13.5. The molecule has 0 aliphatic heterocycles. The Kier molecular flexibility index (Phi) is 14.9. The van der Waals surface area contributed by atoms with Gasteiger partial charge in [-0.2, -0.15) is 0 Å². The van der Waals surface area contributed by atoms with E-state index in [1.807, 2.05) is 0 Å². The molecule has 0 aromatic heterocycles. The van der Waals surface area contributed by atoms with Gasteiger partial charge in [-0.05, 0) is 88.0 Å². The monoisotopic (exact) mass is 914 g/mol. The molecule has 0 fully saturated rings. The summed E-state index contributed by atoms with van der Waals surface area (Å²) >= 11 is 20.7. The lowest BCUT2D eigenvalue weighted by Crippen LogP contribution is -2.18. The molecule has 2 aromatic carbocycles. The predicted octanol–water partition coefficient (Wildman–Crippen LogP) is 8.26. The Balaban J connectivity index is 2.18. The van der Waals surface area contributed by atoms with Crippen LogP contribution in [0.5, 0.6) is 11.5 Å². The second-order valence-electron chi connectivity index (χ2n) is 7.40. The topological polar surface area (TPSA) is 71.1 Å². The molecule has 2 atom stereocenters. The summed E-state index contributed by atoms with van der Waals surface area (Å²) in [6.45, 7) is 9.63. The van der Waals surface area contributed by atoms with Gasteiger partial charge in [0, 0.05) is 0 Å². The van der Waals surface area contributed by atoms with E-state index in [4.69, 9.17) is 18.9 Å². The van der Waals surface area contributed by atoms with Gasteiger partial charge in [0.1, 0.15) is 24.7 Å². The highest BCUT2D eigenvalue weighted by Gasteiger charge is 2.24. The van der Waals surface area contributed by atoms with Crippen LogP contribution in [0.25, 0.3) is 0 Å². The Morgan fingerprint density at radius 2 is 1.00 bits per heavy atom. The second-order valence-corrected chi connectivity index (χ2v) is 15.4. The van der Waals surface area contributed by atoms with Crippen molar-refractivity contribution in [2.45, 2.75) is 19.4 Å². The molecule has 0 N–H and O–H groups in total. The van der Waals surface area contributed by atoms with Crippen LogP contribution in [0.1, 0.15) is 0 Å². The van der Waals surface area contributed by atoms with Crippen molar-refractivity contribution in [3.63, 3.8) is 0 Å². The zero-order valence-corrected chi connectivity index (χ0v) is 29.7. The first-order valence-corrected chi connectivity index (χ1v) is 17.1. The van der Waals surface area contributed by atoms with Crippen LogP contribution in [-0.2, 0) is 19.3 Å². The number of rotatable bonds is 16. The quantitative estimate of drug-likeness (QED) is 0.0961. The average molecular weight is 920 g/mol. The number of hydrogen-bond donors (Lipinski definition) is 0. The molecule has 0 aliphatic rings. The van der Waals surface area contributed by atoms with Crippen molar-refractivity contribution >= 4 is 105 Å². The molecule has 2 aromatic rings. The first-order valence-electron chi connectivity index (χ1n) is 10.6. The molecule has 2 unspecified atom stereocenters. The van der Waals surface area contributed by atoms with Crippen molar-refractivity contribution in [2.75, 3.05) is 39.6 Å². The molecule has 6 nitrogen and oxygen atoms in total. The van der Waals surface area contributed by atoms with Gasteiger partial charge in [-0.15, -0.1) is 13.2 Å². The molecule has 0 amide bonds. The van der Waals surface area contributed by atoms with E-state index < -0.39 is 9.84 Å². The maximum atomic E-state index is 13.5. The minimum Gasteiger partial charge on any atom is -0.490 e. The summed E-state index contributed by atoms with van der Waals surface area (Å²) in [5, 5.41) is 0. The number of hydrogen-bond acceptors (Lipinski definition) is 6. The highest BCUT2D eigenvalue weighted by Crippen LogP contribution is 2.41. The van der Waals surface area contributed by atoms with Crippen LogP contribution in [0, 0.1) is 0 Å². The lowest BCUT2D eigenvalue weighted by Gasteiger charge is -2.17. The fourth-order valence-corrected chi connectivity index (χ4v) is 8.24. The summed E-state index contributed by atoms with van der Waals surface area (Å²) in [7, 11) is -3.86. The summed E-state index contributed by atoms with van der Waals surface area (Å²) in [6, 6.07) is 6.05. The minimum atomic E-state index is -3.86. The van der Waals surface area contributed by atoms with Crippen molar-refractivity contribution < 1.29 is 27.4 Å². The van der Waals surface area contributed by atoms with Crippen LogP contribution in [0.15, 0.2) is 77.3 Å².